The summed E-state index contributed by atoms with van der Waals surface area (Å²) in [7, 11) is 0. The van der Waals surface area contributed by atoms with Crippen molar-refractivity contribution in [3.8, 4) is 22.5 Å². The lowest BCUT2D eigenvalue weighted by Gasteiger charge is -2.05. The lowest BCUT2D eigenvalue weighted by molar-refractivity contribution is -0.384. The number of nitro groups is 1. The zero-order chi connectivity index (χ0) is 23.3. The molecule has 0 saturated carbocycles. The largest absolute Gasteiger partial charge is 0.278 e. The van der Waals surface area contributed by atoms with Crippen LogP contribution < -0.4 is 10.8 Å². The lowest BCUT2D eigenvalue weighted by atomic mass is 10.1. The van der Waals surface area contributed by atoms with Gasteiger partial charge in [0.2, 0.25) is 0 Å². The van der Waals surface area contributed by atoms with Crippen LogP contribution in [0.5, 0.6) is 0 Å². The van der Waals surface area contributed by atoms with E-state index in [1.807, 2.05) is 84.9 Å². The third-order valence-electron chi connectivity index (χ3n) is 5.26. The lowest BCUT2D eigenvalue weighted by Crippen LogP contribution is -2.13. The molecule has 0 fully saturated rings. The second kappa shape index (κ2) is 9.30. The first kappa shape index (κ1) is 21.0. The number of rotatable bonds is 5. The standard InChI is InChI=1S/C27H19N5O2/c33-32(34)22-17-15-21(16-18-22)30-31-27-25(19-9-3-1-4-10-19)28-23-13-7-8-14-24(23)29-26(27)20-11-5-2-6-12-20/h1-18,30H. The minimum absolute atomic E-state index is 0.0150. The highest BCUT2D eigenvalue weighted by Crippen LogP contribution is 2.21. The number of hydrogen-bond acceptors (Lipinski definition) is 6. The molecule has 7 nitrogen and oxygen atoms in total. The molecule has 5 aromatic rings. The molecule has 0 atom stereocenters. The van der Waals surface area contributed by atoms with Crippen LogP contribution in [0.15, 0.2) is 114 Å². The van der Waals surface area contributed by atoms with Gasteiger partial charge in [-0.25, -0.2) is 9.97 Å². The highest BCUT2D eigenvalue weighted by atomic mass is 16.6. The number of para-hydroxylation sites is 2. The van der Waals surface area contributed by atoms with Gasteiger partial charge in [-0.1, -0.05) is 72.8 Å². The van der Waals surface area contributed by atoms with Crippen LogP contribution in [-0.4, -0.2) is 14.9 Å². The van der Waals surface area contributed by atoms with E-state index in [-0.39, 0.29) is 5.69 Å². The molecule has 7 heteroatoms. The van der Waals surface area contributed by atoms with Crippen molar-refractivity contribution in [1.82, 2.24) is 9.97 Å². The molecule has 4 aromatic carbocycles. The van der Waals surface area contributed by atoms with Crippen molar-refractivity contribution in [3.63, 3.8) is 0 Å². The number of nitro benzene ring substituents is 1. The van der Waals surface area contributed by atoms with Crippen LogP contribution in [0.2, 0.25) is 0 Å². The van der Waals surface area contributed by atoms with E-state index in [9.17, 15) is 10.1 Å². The molecular weight excluding hydrogens is 426 g/mol. The van der Waals surface area contributed by atoms with Crippen molar-refractivity contribution in [2.75, 3.05) is 5.43 Å². The summed E-state index contributed by atoms with van der Waals surface area (Å²) in [5, 5.41) is 16.3. The summed E-state index contributed by atoms with van der Waals surface area (Å²) >= 11 is 0. The van der Waals surface area contributed by atoms with Crippen LogP contribution in [-0.2, 0) is 0 Å². The molecule has 0 radical (unpaired) electrons. The first-order chi connectivity index (χ1) is 16.7. The fourth-order valence-electron chi connectivity index (χ4n) is 3.59. The van der Waals surface area contributed by atoms with Gasteiger partial charge in [0.25, 0.3) is 5.69 Å². The van der Waals surface area contributed by atoms with E-state index in [1.165, 1.54) is 12.1 Å². The molecule has 1 aromatic heterocycles. The van der Waals surface area contributed by atoms with Gasteiger partial charge in [-0.2, -0.15) is 5.10 Å². The number of aromatic nitrogens is 2. The molecular formula is C27H19N5O2. The Bertz CT molecular complexity index is 1450. The molecule has 34 heavy (non-hydrogen) atoms. The number of nitrogens with zero attached hydrogens (tertiary/aromatic N) is 4. The summed E-state index contributed by atoms with van der Waals surface area (Å²) in [5.74, 6) is 0. The first-order valence-electron chi connectivity index (χ1n) is 10.7. The third kappa shape index (κ3) is 4.35. The molecule has 0 amide bonds. The average Bonchev–Trinajstić information content (AvgIpc) is 3.06. The molecule has 1 heterocycles. The molecule has 0 spiro atoms. The second-order valence-corrected chi connectivity index (χ2v) is 7.52. The average molecular weight is 445 g/mol. The van der Waals surface area contributed by atoms with Crippen molar-refractivity contribution >= 4 is 22.4 Å². The number of hydrogen-bond donors (Lipinski definition) is 1. The topological polar surface area (TPSA) is 93.3 Å². The van der Waals surface area contributed by atoms with Crippen molar-refractivity contribution in [2.24, 2.45) is 5.10 Å². The summed E-state index contributed by atoms with van der Waals surface area (Å²) in [6, 6.07) is 33.5. The molecule has 5 rings (SSSR count). The van der Waals surface area contributed by atoms with E-state index in [0.29, 0.717) is 22.4 Å². The zero-order valence-corrected chi connectivity index (χ0v) is 18.0. The molecule has 1 N–H and O–H groups in total. The molecule has 0 aliphatic heterocycles. The van der Waals surface area contributed by atoms with Gasteiger partial charge < -0.3 is 0 Å². The summed E-state index contributed by atoms with van der Waals surface area (Å²) < 4.78 is 0. The SMILES string of the molecule is O=[N+]([O-])c1ccc(NN=c2c(-c3ccccc3)nc3ccccc3nc2-c2ccccc2)cc1. The van der Waals surface area contributed by atoms with E-state index in [4.69, 9.17) is 15.1 Å². The first-order valence-corrected chi connectivity index (χ1v) is 10.7. The Morgan fingerprint density at radius 3 is 1.59 bits per heavy atom. The van der Waals surface area contributed by atoms with Crippen LogP contribution in [0.25, 0.3) is 33.5 Å². The van der Waals surface area contributed by atoms with Gasteiger partial charge in [-0.05, 0) is 24.3 Å². The highest BCUT2D eigenvalue weighted by molar-refractivity contribution is 5.79. The Hall–Kier alpha value is -4.91. The van der Waals surface area contributed by atoms with Crippen LogP contribution in [0.3, 0.4) is 0 Å². The molecule has 0 bridgehead atoms. The Balaban J connectivity index is 1.80. The van der Waals surface area contributed by atoms with E-state index in [0.717, 1.165) is 22.2 Å². The van der Waals surface area contributed by atoms with Gasteiger partial charge in [-0.15, -0.1) is 0 Å². The number of fused-ring (bicyclic) bond motifs is 1. The predicted molar refractivity (Wildman–Crippen MR) is 133 cm³/mol. The summed E-state index contributed by atoms with van der Waals surface area (Å²) in [5.41, 5.74) is 8.28. The predicted octanol–water partition coefficient (Wildman–Crippen LogP) is 5.80. The van der Waals surface area contributed by atoms with Gasteiger partial charge in [-0.3, -0.25) is 15.5 Å². The number of non-ortho nitro benzene ring substituents is 1. The summed E-state index contributed by atoms with van der Waals surface area (Å²) in [6.07, 6.45) is 0. The van der Waals surface area contributed by atoms with Gasteiger partial charge in [0.15, 0.2) is 0 Å². The summed E-state index contributed by atoms with van der Waals surface area (Å²) in [4.78, 5) is 20.5. The fraction of sp³-hybridized carbons (Fsp3) is 0. The van der Waals surface area contributed by atoms with Crippen molar-refractivity contribution in [3.05, 3.63) is 125 Å². The molecule has 0 saturated heterocycles. The Kier molecular flexibility index (Phi) is 5.73. The number of nitrogens with one attached hydrogen (secondary N) is 1. The minimum Gasteiger partial charge on any atom is -0.278 e. The van der Waals surface area contributed by atoms with E-state index in [2.05, 4.69) is 5.43 Å². The maximum atomic E-state index is 11.0. The zero-order valence-electron chi connectivity index (χ0n) is 18.0. The monoisotopic (exact) mass is 445 g/mol. The summed E-state index contributed by atoms with van der Waals surface area (Å²) in [6.45, 7) is 0. The highest BCUT2D eigenvalue weighted by Gasteiger charge is 2.12. The van der Waals surface area contributed by atoms with Crippen LogP contribution in [0.1, 0.15) is 0 Å². The molecule has 0 unspecified atom stereocenters. The maximum Gasteiger partial charge on any atom is 0.269 e. The third-order valence-corrected chi connectivity index (χ3v) is 5.26. The Labute approximate surface area is 195 Å². The second-order valence-electron chi connectivity index (χ2n) is 7.52. The minimum atomic E-state index is -0.432. The maximum absolute atomic E-state index is 11.0. The van der Waals surface area contributed by atoms with Crippen molar-refractivity contribution < 1.29 is 4.92 Å². The molecule has 0 aliphatic carbocycles. The number of benzene rings is 4. The van der Waals surface area contributed by atoms with Crippen molar-refractivity contribution in [2.45, 2.75) is 0 Å². The quantitative estimate of drug-likeness (QED) is 0.273. The molecule has 164 valence electrons. The van der Waals surface area contributed by atoms with E-state index < -0.39 is 4.92 Å². The van der Waals surface area contributed by atoms with E-state index in [1.54, 1.807) is 12.1 Å². The van der Waals surface area contributed by atoms with Crippen LogP contribution in [0.4, 0.5) is 11.4 Å². The van der Waals surface area contributed by atoms with Gasteiger partial charge >= 0.3 is 0 Å². The van der Waals surface area contributed by atoms with Crippen molar-refractivity contribution in [1.29, 1.82) is 0 Å². The normalized spacial score (nSPS) is 10.6. The van der Waals surface area contributed by atoms with Crippen LogP contribution >= 0.6 is 0 Å². The van der Waals surface area contributed by atoms with Gasteiger partial charge in [0.05, 0.1) is 21.6 Å². The van der Waals surface area contributed by atoms with Gasteiger partial charge in [0, 0.05) is 23.3 Å². The number of anilines is 1. The fourth-order valence-corrected chi connectivity index (χ4v) is 3.59. The smallest absolute Gasteiger partial charge is 0.269 e. The Morgan fingerprint density at radius 2 is 1.12 bits per heavy atom. The van der Waals surface area contributed by atoms with Crippen LogP contribution in [0, 0.1) is 10.1 Å². The van der Waals surface area contributed by atoms with E-state index >= 15 is 0 Å². The Morgan fingerprint density at radius 1 is 0.647 bits per heavy atom. The van der Waals surface area contributed by atoms with Gasteiger partial charge in [0.1, 0.15) is 16.7 Å². The molecule has 0 aliphatic rings.